The maximum atomic E-state index is 12.3. The molecular weight excluding hydrogens is 228 g/mol. The molecule has 1 aliphatic heterocycles. The molecule has 1 unspecified atom stereocenters. The highest BCUT2D eigenvalue weighted by Gasteiger charge is 2.42. The zero-order valence-corrected chi connectivity index (χ0v) is 10.4. The summed E-state index contributed by atoms with van der Waals surface area (Å²) in [5.41, 5.74) is 0.189. The molecule has 2 rings (SSSR count). The van der Waals surface area contributed by atoms with Gasteiger partial charge in [-0.2, -0.15) is 5.26 Å². The number of nitriles is 1. The van der Waals surface area contributed by atoms with Crippen molar-refractivity contribution in [2.24, 2.45) is 0 Å². The first-order chi connectivity index (χ1) is 8.53. The average Bonchev–Trinajstić information content (AvgIpc) is 2.38. The van der Waals surface area contributed by atoms with E-state index in [4.69, 9.17) is 0 Å². The summed E-state index contributed by atoms with van der Waals surface area (Å²) < 4.78 is 0. The first-order valence-corrected chi connectivity index (χ1v) is 5.90. The fourth-order valence-corrected chi connectivity index (χ4v) is 2.15. The highest BCUT2D eigenvalue weighted by Crippen LogP contribution is 2.27. The second-order valence-electron chi connectivity index (χ2n) is 4.61. The Kier molecular flexibility index (Phi) is 2.92. The Morgan fingerprint density at radius 3 is 2.67 bits per heavy atom. The molecule has 1 aliphatic rings. The molecule has 0 saturated carbocycles. The van der Waals surface area contributed by atoms with Gasteiger partial charge in [0.15, 0.2) is 0 Å². The van der Waals surface area contributed by atoms with Gasteiger partial charge in [0, 0.05) is 5.56 Å². The molecule has 1 heterocycles. The van der Waals surface area contributed by atoms with E-state index >= 15 is 0 Å². The predicted octanol–water partition coefficient (Wildman–Crippen LogP) is 1.90. The van der Waals surface area contributed by atoms with E-state index in [1.165, 1.54) is 0 Å². The molecule has 0 N–H and O–H groups in total. The molecule has 0 fully saturated rings. The molecule has 18 heavy (non-hydrogen) atoms. The number of fused-ring (bicyclic) bond motifs is 1. The van der Waals surface area contributed by atoms with Gasteiger partial charge in [-0.25, -0.2) is 0 Å². The van der Waals surface area contributed by atoms with E-state index in [1.54, 1.807) is 38.1 Å². The molecule has 4 nitrogen and oxygen atoms in total. The number of carbonyl (C=O) groups excluding carboxylic acids is 2. The molecule has 2 amide bonds. The van der Waals surface area contributed by atoms with Crippen molar-refractivity contribution in [2.75, 3.05) is 0 Å². The van der Waals surface area contributed by atoms with E-state index in [1.807, 2.05) is 0 Å². The zero-order chi connectivity index (χ0) is 13.3. The summed E-state index contributed by atoms with van der Waals surface area (Å²) in [6.07, 6.45) is 0.600. The molecule has 1 aromatic rings. The Morgan fingerprint density at radius 1 is 1.39 bits per heavy atom. The molecule has 0 radical (unpaired) electrons. The Balaban J connectivity index is 2.52. The molecule has 0 spiro atoms. The van der Waals surface area contributed by atoms with Crippen LogP contribution in [0.2, 0.25) is 0 Å². The van der Waals surface area contributed by atoms with Gasteiger partial charge in [-0.3, -0.25) is 14.5 Å². The highest BCUT2D eigenvalue weighted by molar-refractivity contribution is 6.10. The van der Waals surface area contributed by atoms with Crippen molar-refractivity contribution in [1.82, 2.24) is 4.90 Å². The van der Waals surface area contributed by atoms with Gasteiger partial charge in [0.1, 0.15) is 5.54 Å². The van der Waals surface area contributed by atoms with Gasteiger partial charge in [-0.15, -0.1) is 0 Å². The monoisotopic (exact) mass is 242 g/mol. The number of benzene rings is 1. The summed E-state index contributed by atoms with van der Waals surface area (Å²) in [7, 11) is 0. The third kappa shape index (κ3) is 1.68. The molecule has 4 heteroatoms. The van der Waals surface area contributed by atoms with Gasteiger partial charge in [-0.05, 0) is 25.0 Å². The van der Waals surface area contributed by atoms with Crippen molar-refractivity contribution in [1.29, 1.82) is 5.26 Å². The zero-order valence-electron chi connectivity index (χ0n) is 10.4. The van der Waals surface area contributed by atoms with Gasteiger partial charge in [-0.1, -0.05) is 25.1 Å². The number of nitrogens with zero attached hydrogens (tertiary/aromatic N) is 2. The summed E-state index contributed by atoms with van der Waals surface area (Å²) in [6, 6.07) is 9.12. The van der Waals surface area contributed by atoms with Crippen molar-refractivity contribution in [3.05, 3.63) is 35.4 Å². The summed E-state index contributed by atoms with van der Waals surface area (Å²) in [5, 5.41) is 9.22. The number of amides is 2. The van der Waals surface area contributed by atoms with Gasteiger partial charge in [0.05, 0.1) is 12.5 Å². The van der Waals surface area contributed by atoms with Crippen molar-refractivity contribution in [3.63, 3.8) is 0 Å². The van der Waals surface area contributed by atoms with Crippen LogP contribution in [0.3, 0.4) is 0 Å². The first-order valence-electron chi connectivity index (χ1n) is 5.90. The Morgan fingerprint density at radius 2 is 2.06 bits per heavy atom. The van der Waals surface area contributed by atoms with Crippen LogP contribution >= 0.6 is 0 Å². The number of imide groups is 1. The van der Waals surface area contributed by atoms with Crippen LogP contribution in [0.5, 0.6) is 0 Å². The van der Waals surface area contributed by atoms with Crippen molar-refractivity contribution < 1.29 is 9.59 Å². The minimum atomic E-state index is -1.07. The van der Waals surface area contributed by atoms with Crippen LogP contribution in [-0.2, 0) is 11.2 Å². The predicted molar refractivity (Wildman–Crippen MR) is 65.6 cm³/mol. The number of hydrogen-bond donors (Lipinski definition) is 0. The van der Waals surface area contributed by atoms with Gasteiger partial charge < -0.3 is 0 Å². The molecule has 1 atom stereocenters. The normalized spacial score (nSPS) is 17.9. The van der Waals surface area contributed by atoms with Crippen LogP contribution in [0.1, 0.15) is 36.2 Å². The standard InChI is InChI=1S/C14H14N2O2/c1-3-14(2,9-15)16-12(17)8-10-6-4-5-7-11(10)13(16)18/h4-7H,3,8H2,1-2H3. The van der Waals surface area contributed by atoms with Crippen molar-refractivity contribution in [2.45, 2.75) is 32.2 Å². The number of hydrogen-bond acceptors (Lipinski definition) is 3. The number of rotatable bonds is 2. The minimum absolute atomic E-state index is 0.180. The molecule has 0 aliphatic carbocycles. The lowest BCUT2D eigenvalue weighted by Gasteiger charge is -2.36. The van der Waals surface area contributed by atoms with Crippen LogP contribution in [-0.4, -0.2) is 22.3 Å². The van der Waals surface area contributed by atoms with E-state index in [2.05, 4.69) is 6.07 Å². The summed E-state index contributed by atoms with van der Waals surface area (Å²) >= 11 is 0. The molecule has 0 saturated heterocycles. The van der Waals surface area contributed by atoms with E-state index in [0.717, 1.165) is 10.5 Å². The minimum Gasteiger partial charge on any atom is -0.274 e. The topological polar surface area (TPSA) is 61.2 Å². The number of carbonyl (C=O) groups is 2. The van der Waals surface area contributed by atoms with Crippen LogP contribution < -0.4 is 0 Å². The Labute approximate surface area is 106 Å². The fraction of sp³-hybridized carbons (Fsp3) is 0.357. The SMILES string of the molecule is CCC(C)(C#N)N1C(=O)Cc2ccccc2C1=O. The Bertz CT molecular complexity index is 559. The van der Waals surface area contributed by atoms with Crippen LogP contribution in [0.4, 0.5) is 0 Å². The molecule has 0 aromatic heterocycles. The smallest absolute Gasteiger partial charge is 0.262 e. The van der Waals surface area contributed by atoms with E-state index < -0.39 is 5.54 Å². The second-order valence-corrected chi connectivity index (χ2v) is 4.61. The maximum absolute atomic E-state index is 12.3. The van der Waals surface area contributed by atoms with Gasteiger partial charge in [0.25, 0.3) is 5.91 Å². The third-order valence-electron chi connectivity index (χ3n) is 3.46. The van der Waals surface area contributed by atoms with Crippen LogP contribution in [0.25, 0.3) is 0 Å². The summed E-state index contributed by atoms with van der Waals surface area (Å²) in [4.78, 5) is 25.5. The van der Waals surface area contributed by atoms with Crippen molar-refractivity contribution in [3.8, 4) is 6.07 Å². The third-order valence-corrected chi connectivity index (χ3v) is 3.46. The fourth-order valence-electron chi connectivity index (χ4n) is 2.15. The van der Waals surface area contributed by atoms with Gasteiger partial charge >= 0.3 is 0 Å². The second kappa shape index (κ2) is 4.26. The lowest BCUT2D eigenvalue weighted by molar-refractivity contribution is -0.131. The highest BCUT2D eigenvalue weighted by atomic mass is 16.2. The van der Waals surface area contributed by atoms with Gasteiger partial charge in [0.2, 0.25) is 5.91 Å². The van der Waals surface area contributed by atoms with Crippen LogP contribution in [0.15, 0.2) is 24.3 Å². The first kappa shape index (κ1) is 12.3. The Hall–Kier alpha value is -2.15. The average molecular weight is 242 g/mol. The molecule has 92 valence electrons. The van der Waals surface area contributed by atoms with E-state index in [-0.39, 0.29) is 18.2 Å². The summed E-state index contributed by atoms with van der Waals surface area (Å²) in [5.74, 6) is -0.669. The molecule has 1 aromatic carbocycles. The van der Waals surface area contributed by atoms with Crippen molar-refractivity contribution >= 4 is 11.8 Å². The lowest BCUT2D eigenvalue weighted by Crippen LogP contribution is -2.54. The molecule has 0 bridgehead atoms. The lowest BCUT2D eigenvalue weighted by atomic mass is 9.91. The quantitative estimate of drug-likeness (QED) is 0.744. The van der Waals surface area contributed by atoms with E-state index in [9.17, 15) is 14.9 Å². The molecular formula is C14H14N2O2. The van der Waals surface area contributed by atoms with Crippen LogP contribution in [0, 0.1) is 11.3 Å². The summed E-state index contributed by atoms with van der Waals surface area (Å²) in [6.45, 7) is 3.42. The van der Waals surface area contributed by atoms with E-state index in [0.29, 0.717) is 12.0 Å². The maximum Gasteiger partial charge on any atom is 0.262 e. The largest absolute Gasteiger partial charge is 0.274 e.